The van der Waals surface area contributed by atoms with Gasteiger partial charge in [-0.25, -0.2) is 4.68 Å². The Balaban J connectivity index is 2.01. The van der Waals surface area contributed by atoms with E-state index in [1.807, 2.05) is 72.9 Å². The smallest absolute Gasteiger partial charge is 0.130 e. The Bertz CT molecular complexity index is 1030. The van der Waals surface area contributed by atoms with E-state index in [2.05, 4.69) is 18.9 Å². The van der Waals surface area contributed by atoms with Crippen LogP contribution in [0.2, 0.25) is 0 Å². The Morgan fingerprint density at radius 2 is 1.75 bits per heavy atom. The molecule has 0 radical (unpaired) electrons. The molecular weight excluding hydrogens is 348 g/mol. The largest absolute Gasteiger partial charge is 0.493 e. The fourth-order valence-electron chi connectivity index (χ4n) is 2.65. The number of aromatic nitrogens is 2. The van der Waals surface area contributed by atoms with Gasteiger partial charge < -0.3 is 4.74 Å². The first-order chi connectivity index (χ1) is 13.6. The lowest BCUT2D eigenvalue weighted by atomic mass is 10.1. The number of nitrogens with zero attached hydrogens (tertiary/aromatic N) is 4. The highest BCUT2D eigenvalue weighted by molar-refractivity contribution is 5.75. The highest BCUT2D eigenvalue weighted by Crippen LogP contribution is 2.27. The van der Waals surface area contributed by atoms with Crippen molar-refractivity contribution in [3.05, 3.63) is 71.9 Å². The molecule has 138 valence electrons. The molecule has 0 unspecified atom stereocenters. The summed E-state index contributed by atoms with van der Waals surface area (Å²) >= 11 is 0. The van der Waals surface area contributed by atoms with Crippen molar-refractivity contribution in [1.29, 1.82) is 10.5 Å². The maximum atomic E-state index is 9.13. The monoisotopic (exact) mass is 368 g/mol. The summed E-state index contributed by atoms with van der Waals surface area (Å²) in [6.07, 6.45) is 3.38. The second-order valence-electron chi connectivity index (χ2n) is 6.72. The van der Waals surface area contributed by atoms with Gasteiger partial charge in [0.2, 0.25) is 0 Å². The molecule has 0 aliphatic rings. The molecule has 0 aliphatic heterocycles. The highest BCUT2D eigenvalue weighted by Gasteiger charge is 2.12. The first-order valence-corrected chi connectivity index (χ1v) is 9.01. The lowest BCUT2D eigenvalue weighted by Crippen LogP contribution is -2.04. The van der Waals surface area contributed by atoms with Crippen LogP contribution in [0.4, 0.5) is 0 Å². The second kappa shape index (κ2) is 8.70. The van der Waals surface area contributed by atoms with Crippen molar-refractivity contribution >= 4 is 6.08 Å². The van der Waals surface area contributed by atoms with Crippen LogP contribution in [-0.4, -0.2) is 16.4 Å². The van der Waals surface area contributed by atoms with E-state index in [4.69, 9.17) is 15.3 Å². The van der Waals surface area contributed by atoms with Gasteiger partial charge in [-0.3, -0.25) is 0 Å². The van der Waals surface area contributed by atoms with Crippen molar-refractivity contribution in [3.8, 4) is 34.8 Å². The average Bonchev–Trinajstić information content (AvgIpc) is 3.15. The van der Waals surface area contributed by atoms with Crippen LogP contribution in [-0.2, 0) is 0 Å². The quantitative estimate of drug-likeness (QED) is 0.574. The summed E-state index contributed by atoms with van der Waals surface area (Å²) in [7, 11) is 0. The minimum absolute atomic E-state index is 0.0331. The Morgan fingerprint density at radius 3 is 2.36 bits per heavy atom. The van der Waals surface area contributed by atoms with Gasteiger partial charge >= 0.3 is 0 Å². The summed E-state index contributed by atoms with van der Waals surface area (Å²) in [4.78, 5) is 0. The highest BCUT2D eigenvalue weighted by atomic mass is 16.5. The topological polar surface area (TPSA) is 74.6 Å². The Hall–Kier alpha value is -3.83. The summed E-state index contributed by atoms with van der Waals surface area (Å²) < 4.78 is 7.49. The summed E-state index contributed by atoms with van der Waals surface area (Å²) in [6, 6.07) is 21.2. The SMILES string of the molecule is CC(C)COc1ccc(-c2nn(-c3ccccc3)cc2C=C(C#N)C#N)cc1. The molecule has 0 saturated carbocycles. The lowest BCUT2D eigenvalue weighted by molar-refractivity contribution is 0.271. The molecule has 5 heteroatoms. The third-order valence-electron chi connectivity index (χ3n) is 4.02. The number of para-hydroxylation sites is 1. The van der Waals surface area contributed by atoms with Crippen LogP contribution in [0.1, 0.15) is 19.4 Å². The molecule has 0 atom stereocenters. The predicted molar refractivity (Wildman–Crippen MR) is 109 cm³/mol. The van der Waals surface area contributed by atoms with Gasteiger partial charge in [0, 0.05) is 17.3 Å². The number of ether oxygens (including phenoxy) is 1. The van der Waals surface area contributed by atoms with Gasteiger partial charge in [0.1, 0.15) is 29.2 Å². The fraction of sp³-hybridized carbons (Fsp3) is 0.174. The van der Waals surface area contributed by atoms with Crippen LogP contribution in [0.25, 0.3) is 23.0 Å². The summed E-state index contributed by atoms with van der Waals surface area (Å²) in [5.74, 6) is 1.25. The zero-order chi connectivity index (χ0) is 19.9. The Labute approximate surface area is 164 Å². The molecule has 0 aliphatic carbocycles. The zero-order valence-corrected chi connectivity index (χ0v) is 15.8. The number of rotatable bonds is 6. The fourth-order valence-corrected chi connectivity index (χ4v) is 2.65. The zero-order valence-electron chi connectivity index (χ0n) is 15.8. The molecule has 2 aromatic carbocycles. The Morgan fingerprint density at radius 1 is 1.07 bits per heavy atom. The van der Waals surface area contributed by atoms with Gasteiger partial charge in [-0.2, -0.15) is 15.6 Å². The number of benzene rings is 2. The van der Waals surface area contributed by atoms with E-state index in [1.54, 1.807) is 10.8 Å². The predicted octanol–water partition coefficient (Wildman–Crippen LogP) is 5.00. The van der Waals surface area contributed by atoms with Gasteiger partial charge in [-0.1, -0.05) is 32.0 Å². The van der Waals surface area contributed by atoms with Crippen molar-refractivity contribution in [2.45, 2.75) is 13.8 Å². The second-order valence-corrected chi connectivity index (χ2v) is 6.72. The van der Waals surface area contributed by atoms with E-state index >= 15 is 0 Å². The third-order valence-corrected chi connectivity index (χ3v) is 4.02. The van der Waals surface area contributed by atoms with E-state index < -0.39 is 0 Å². The van der Waals surface area contributed by atoms with Crippen LogP contribution >= 0.6 is 0 Å². The van der Waals surface area contributed by atoms with E-state index in [0.29, 0.717) is 23.8 Å². The van der Waals surface area contributed by atoms with Crippen molar-refractivity contribution in [2.75, 3.05) is 6.61 Å². The van der Waals surface area contributed by atoms with E-state index in [0.717, 1.165) is 17.0 Å². The molecule has 0 bridgehead atoms. The van der Waals surface area contributed by atoms with Crippen LogP contribution in [0, 0.1) is 28.6 Å². The molecule has 28 heavy (non-hydrogen) atoms. The number of hydrogen-bond donors (Lipinski definition) is 0. The first kappa shape index (κ1) is 18.9. The van der Waals surface area contributed by atoms with Crippen LogP contribution in [0.5, 0.6) is 5.75 Å². The molecule has 0 N–H and O–H groups in total. The minimum Gasteiger partial charge on any atom is -0.493 e. The third kappa shape index (κ3) is 4.47. The van der Waals surface area contributed by atoms with Crippen LogP contribution in [0.15, 0.2) is 66.4 Å². The number of hydrogen-bond acceptors (Lipinski definition) is 4. The van der Waals surface area contributed by atoms with E-state index in [-0.39, 0.29) is 5.57 Å². The normalized spacial score (nSPS) is 10.2. The van der Waals surface area contributed by atoms with Gasteiger partial charge in [0.25, 0.3) is 0 Å². The summed E-state index contributed by atoms with van der Waals surface area (Å²) in [6.45, 7) is 4.86. The molecule has 5 nitrogen and oxygen atoms in total. The van der Waals surface area contributed by atoms with Crippen LogP contribution in [0.3, 0.4) is 0 Å². The standard InChI is InChI=1S/C23H20N4O/c1-17(2)16-28-22-10-8-19(9-11-22)23-20(12-18(13-24)14-25)15-27(26-23)21-6-4-3-5-7-21/h3-12,15,17H,16H2,1-2H3. The average molecular weight is 368 g/mol. The molecule has 3 aromatic rings. The molecule has 0 saturated heterocycles. The van der Waals surface area contributed by atoms with Crippen molar-refractivity contribution < 1.29 is 4.74 Å². The van der Waals surface area contributed by atoms with E-state index in [9.17, 15) is 0 Å². The molecular formula is C23H20N4O. The van der Waals surface area contributed by atoms with Crippen LogP contribution < -0.4 is 4.74 Å². The minimum atomic E-state index is 0.0331. The van der Waals surface area contributed by atoms with Gasteiger partial charge in [-0.15, -0.1) is 0 Å². The van der Waals surface area contributed by atoms with Gasteiger partial charge in [0.15, 0.2) is 0 Å². The number of nitriles is 2. The molecule has 1 heterocycles. The van der Waals surface area contributed by atoms with Crippen molar-refractivity contribution in [1.82, 2.24) is 9.78 Å². The maximum absolute atomic E-state index is 9.13. The van der Waals surface area contributed by atoms with Gasteiger partial charge in [-0.05, 0) is 48.4 Å². The number of allylic oxidation sites excluding steroid dienone is 1. The molecule has 0 fully saturated rings. The van der Waals surface area contributed by atoms with Gasteiger partial charge in [0.05, 0.1) is 12.3 Å². The van der Waals surface area contributed by atoms with Crippen molar-refractivity contribution in [3.63, 3.8) is 0 Å². The van der Waals surface area contributed by atoms with Crippen molar-refractivity contribution in [2.24, 2.45) is 5.92 Å². The van der Waals surface area contributed by atoms with E-state index in [1.165, 1.54) is 0 Å². The lowest BCUT2D eigenvalue weighted by Gasteiger charge is -2.09. The Kier molecular flexibility index (Phi) is 5.89. The molecule has 0 amide bonds. The summed E-state index contributed by atoms with van der Waals surface area (Å²) in [5.41, 5.74) is 3.22. The maximum Gasteiger partial charge on any atom is 0.130 e. The molecule has 1 aromatic heterocycles. The first-order valence-electron chi connectivity index (χ1n) is 9.01. The molecule has 0 spiro atoms. The molecule has 3 rings (SSSR count). The summed E-state index contributed by atoms with van der Waals surface area (Å²) in [5, 5.41) is 22.9.